The lowest BCUT2D eigenvalue weighted by atomic mass is 10.0. The number of piperazine rings is 1. The van der Waals surface area contributed by atoms with Gasteiger partial charge in [-0.1, -0.05) is 54.1 Å². The molecule has 1 aliphatic rings. The number of aryl methyl sites for hydroxylation is 1. The number of rotatable bonds is 7. The van der Waals surface area contributed by atoms with Gasteiger partial charge < -0.3 is 10.1 Å². The SMILES string of the molecule is COc1cccc(NC(=O)[C@@H](c2ccccc2)N2CCN(S(=O)(=O)c3ccc(C)cc3)CC2)c1. The molecule has 0 aliphatic carbocycles. The number of carbonyl (C=O) groups is 1. The minimum Gasteiger partial charge on any atom is -0.497 e. The molecule has 1 fully saturated rings. The van der Waals surface area contributed by atoms with Crippen LogP contribution in [0, 0.1) is 6.92 Å². The number of hydrogen-bond acceptors (Lipinski definition) is 5. The Morgan fingerprint density at radius 1 is 0.912 bits per heavy atom. The molecule has 34 heavy (non-hydrogen) atoms. The molecule has 0 spiro atoms. The number of nitrogens with zero attached hydrogens (tertiary/aromatic N) is 2. The summed E-state index contributed by atoms with van der Waals surface area (Å²) in [6.45, 7) is 3.43. The highest BCUT2D eigenvalue weighted by Crippen LogP contribution is 2.27. The van der Waals surface area contributed by atoms with Crippen molar-refractivity contribution in [2.24, 2.45) is 0 Å². The van der Waals surface area contributed by atoms with E-state index in [4.69, 9.17) is 4.74 Å². The minimum absolute atomic E-state index is 0.172. The van der Waals surface area contributed by atoms with Crippen molar-refractivity contribution in [1.82, 2.24) is 9.21 Å². The van der Waals surface area contributed by atoms with Gasteiger partial charge in [-0.2, -0.15) is 4.31 Å². The van der Waals surface area contributed by atoms with Crippen LogP contribution in [-0.2, 0) is 14.8 Å². The Kier molecular flexibility index (Phi) is 7.31. The average Bonchev–Trinajstić information content (AvgIpc) is 2.85. The third kappa shape index (κ3) is 5.30. The van der Waals surface area contributed by atoms with Crippen molar-refractivity contribution in [3.8, 4) is 5.75 Å². The molecular formula is C26H29N3O4S. The van der Waals surface area contributed by atoms with Gasteiger partial charge >= 0.3 is 0 Å². The molecule has 1 saturated heterocycles. The first-order chi connectivity index (χ1) is 16.4. The van der Waals surface area contributed by atoms with Crippen LogP contribution in [0.15, 0.2) is 83.8 Å². The largest absolute Gasteiger partial charge is 0.497 e. The molecule has 8 heteroatoms. The number of sulfonamides is 1. The Labute approximate surface area is 201 Å². The van der Waals surface area contributed by atoms with Gasteiger partial charge in [0, 0.05) is 37.9 Å². The Balaban J connectivity index is 1.52. The molecule has 1 atom stereocenters. The Morgan fingerprint density at radius 2 is 1.59 bits per heavy atom. The van der Waals surface area contributed by atoms with Gasteiger partial charge in [0.2, 0.25) is 15.9 Å². The fourth-order valence-electron chi connectivity index (χ4n) is 4.14. The molecule has 1 N–H and O–H groups in total. The predicted molar refractivity (Wildman–Crippen MR) is 132 cm³/mol. The van der Waals surface area contributed by atoms with Crippen molar-refractivity contribution in [1.29, 1.82) is 0 Å². The van der Waals surface area contributed by atoms with Crippen molar-refractivity contribution < 1.29 is 17.9 Å². The Hall–Kier alpha value is -3.20. The lowest BCUT2D eigenvalue weighted by Gasteiger charge is -2.38. The molecule has 1 heterocycles. The van der Waals surface area contributed by atoms with Crippen LogP contribution in [0.2, 0.25) is 0 Å². The van der Waals surface area contributed by atoms with E-state index in [9.17, 15) is 13.2 Å². The van der Waals surface area contributed by atoms with Gasteiger partial charge in [0.25, 0.3) is 0 Å². The number of benzene rings is 3. The maximum atomic E-state index is 13.4. The third-order valence-electron chi connectivity index (χ3n) is 6.00. The number of amides is 1. The third-order valence-corrected chi connectivity index (χ3v) is 7.91. The number of anilines is 1. The van der Waals surface area contributed by atoms with E-state index in [0.29, 0.717) is 42.5 Å². The molecule has 0 aromatic heterocycles. The van der Waals surface area contributed by atoms with E-state index in [-0.39, 0.29) is 5.91 Å². The van der Waals surface area contributed by atoms with E-state index in [1.165, 1.54) is 4.31 Å². The lowest BCUT2D eigenvalue weighted by molar-refractivity contribution is -0.122. The van der Waals surface area contributed by atoms with Crippen LogP contribution in [0.5, 0.6) is 5.75 Å². The van der Waals surface area contributed by atoms with Gasteiger partial charge in [-0.05, 0) is 36.8 Å². The zero-order chi connectivity index (χ0) is 24.1. The molecular weight excluding hydrogens is 450 g/mol. The van der Waals surface area contributed by atoms with Gasteiger partial charge in [-0.15, -0.1) is 0 Å². The maximum Gasteiger partial charge on any atom is 0.246 e. The summed E-state index contributed by atoms with van der Waals surface area (Å²) in [5.41, 5.74) is 2.51. The van der Waals surface area contributed by atoms with E-state index in [0.717, 1.165) is 11.1 Å². The number of carbonyl (C=O) groups excluding carboxylic acids is 1. The molecule has 1 amide bonds. The summed E-state index contributed by atoms with van der Waals surface area (Å²) in [6, 6.07) is 23.1. The second kappa shape index (κ2) is 10.4. The molecule has 1 aliphatic heterocycles. The fraction of sp³-hybridized carbons (Fsp3) is 0.269. The monoisotopic (exact) mass is 479 g/mol. The summed E-state index contributed by atoms with van der Waals surface area (Å²) in [7, 11) is -2.00. The zero-order valence-corrected chi connectivity index (χ0v) is 20.2. The lowest BCUT2D eigenvalue weighted by Crippen LogP contribution is -2.51. The molecule has 3 aromatic carbocycles. The second-order valence-corrected chi connectivity index (χ2v) is 10.2. The van der Waals surface area contributed by atoms with Gasteiger partial charge in [0.1, 0.15) is 11.8 Å². The van der Waals surface area contributed by atoms with Crippen molar-refractivity contribution in [2.45, 2.75) is 17.9 Å². The van der Waals surface area contributed by atoms with E-state index >= 15 is 0 Å². The molecule has 178 valence electrons. The number of hydrogen-bond donors (Lipinski definition) is 1. The fourth-order valence-corrected chi connectivity index (χ4v) is 5.56. The maximum absolute atomic E-state index is 13.4. The summed E-state index contributed by atoms with van der Waals surface area (Å²) in [6.07, 6.45) is 0. The number of nitrogens with one attached hydrogen (secondary N) is 1. The average molecular weight is 480 g/mol. The number of methoxy groups -OCH3 is 1. The molecule has 0 saturated carbocycles. The Morgan fingerprint density at radius 3 is 2.24 bits per heavy atom. The standard InChI is InChI=1S/C26H29N3O4S/c1-20-11-13-24(14-12-20)34(31,32)29-17-15-28(16-18-29)25(21-7-4-3-5-8-21)26(30)27-22-9-6-10-23(19-22)33-2/h3-14,19,25H,15-18H2,1-2H3,(H,27,30)/t25-/m1/s1. The molecule has 0 bridgehead atoms. The summed E-state index contributed by atoms with van der Waals surface area (Å²) < 4.78 is 33.0. The van der Waals surface area contributed by atoms with Gasteiger partial charge in [0.15, 0.2) is 0 Å². The van der Waals surface area contributed by atoms with Crippen LogP contribution >= 0.6 is 0 Å². The second-order valence-electron chi connectivity index (χ2n) is 8.29. The smallest absolute Gasteiger partial charge is 0.246 e. The predicted octanol–water partition coefficient (Wildman–Crippen LogP) is 3.69. The normalized spacial score (nSPS) is 16.1. The van der Waals surface area contributed by atoms with Crippen LogP contribution < -0.4 is 10.1 Å². The molecule has 3 aromatic rings. The van der Waals surface area contributed by atoms with Crippen molar-refractivity contribution in [3.05, 3.63) is 90.0 Å². The van der Waals surface area contributed by atoms with E-state index in [2.05, 4.69) is 5.32 Å². The van der Waals surface area contributed by atoms with Crippen LogP contribution in [0.4, 0.5) is 5.69 Å². The minimum atomic E-state index is -3.58. The highest BCUT2D eigenvalue weighted by atomic mass is 32.2. The first-order valence-corrected chi connectivity index (χ1v) is 12.6. The van der Waals surface area contributed by atoms with Crippen LogP contribution in [-0.4, -0.2) is 56.8 Å². The van der Waals surface area contributed by atoms with E-state index in [1.54, 1.807) is 37.4 Å². The van der Waals surface area contributed by atoms with E-state index in [1.807, 2.05) is 60.4 Å². The first kappa shape index (κ1) is 23.9. The summed E-state index contributed by atoms with van der Waals surface area (Å²) in [5, 5.41) is 2.99. The first-order valence-electron chi connectivity index (χ1n) is 11.2. The number of ether oxygens (including phenoxy) is 1. The zero-order valence-electron chi connectivity index (χ0n) is 19.3. The van der Waals surface area contributed by atoms with Crippen LogP contribution in [0.3, 0.4) is 0 Å². The Bertz CT molecular complexity index is 1220. The van der Waals surface area contributed by atoms with Crippen molar-refractivity contribution in [2.75, 3.05) is 38.6 Å². The van der Waals surface area contributed by atoms with Gasteiger partial charge in [-0.3, -0.25) is 9.69 Å². The highest BCUT2D eigenvalue weighted by molar-refractivity contribution is 7.89. The van der Waals surface area contributed by atoms with Gasteiger partial charge in [-0.25, -0.2) is 8.42 Å². The summed E-state index contributed by atoms with van der Waals surface area (Å²) in [4.78, 5) is 15.7. The quantitative estimate of drug-likeness (QED) is 0.559. The highest BCUT2D eigenvalue weighted by Gasteiger charge is 2.34. The summed E-state index contributed by atoms with van der Waals surface area (Å²) >= 11 is 0. The topological polar surface area (TPSA) is 79.0 Å². The molecule has 4 rings (SSSR count). The van der Waals surface area contributed by atoms with E-state index < -0.39 is 16.1 Å². The molecule has 0 radical (unpaired) electrons. The summed E-state index contributed by atoms with van der Waals surface area (Å²) in [5.74, 6) is 0.485. The van der Waals surface area contributed by atoms with Gasteiger partial charge in [0.05, 0.1) is 12.0 Å². The van der Waals surface area contributed by atoms with Crippen molar-refractivity contribution in [3.63, 3.8) is 0 Å². The molecule has 0 unspecified atom stereocenters. The van der Waals surface area contributed by atoms with Crippen molar-refractivity contribution >= 4 is 21.6 Å². The molecule has 7 nitrogen and oxygen atoms in total. The van der Waals surface area contributed by atoms with Crippen LogP contribution in [0.25, 0.3) is 0 Å². The van der Waals surface area contributed by atoms with Crippen LogP contribution in [0.1, 0.15) is 17.2 Å².